The fourth-order valence-corrected chi connectivity index (χ4v) is 3.42. The van der Waals surface area contributed by atoms with E-state index in [0.717, 1.165) is 24.3 Å². The van der Waals surface area contributed by atoms with E-state index in [1.165, 1.54) is 30.5 Å². The van der Waals surface area contributed by atoms with Crippen molar-refractivity contribution in [2.75, 3.05) is 18.0 Å². The highest BCUT2D eigenvalue weighted by molar-refractivity contribution is 6.05. The van der Waals surface area contributed by atoms with Crippen LogP contribution in [0.2, 0.25) is 0 Å². The van der Waals surface area contributed by atoms with Crippen molar-refractivity contribution >= 4 is 35.5 Å². The van der Waals surface area contributed by atoms with E-state index in [1.807, 2.05) is 24.3 Å². The molecule has 0 saturated carbocycles. The van der Waals surface area contributed by atoms with E-state index in [1.54, 1.807) is 36.4 Å². The first-order valence-electron chi connectivity index (χ1n) is 11.4. The van der Waals surface area contributed by atoms with E-state index in [9.17, 15) is 19.7 Å². The van der Waals surface area contributed by atoms with Crippen LogP contribution in [0.3, 0.4) is 0 Å². The molecule has 0 atom stereocenters. The van der Waals surface area contributed by atoms with Crippen LogP contribution in [-0.2, 0) is 4.79 Å². The van der Waals surface area contributed by atoms with Gasteiger partial charge in [-0.2, -0.15) is 5.10 Å². The zero-order valence-corrected chi connectivity index (χ0v) is 20.0. The monoisotopic (exact) mass is 485 g/mol. The lowest BCUT2D eigenvalue weighted by atomic mass is 10.1. The molecule has 184 valence electrons. The minimum atomic E-state index is -0.679. The number of anilines is 1. The van der Waals surface area contributed by atoms with Gasteiger partial charge in [-0.05, 0) is 55.3 Å². The minimum Gasteiger partial charge on any atom is -0.372 e. The molecule has 9 nitrogen and oxygen atoms in total. The third-order valence-corrected chi connectivity index (χ3v) is 5.32. The van der Waals surface area contributed by atoms with Gasteiger partial charge in [0, 0.05) is 36.5 Å². The number of non-ortho nitro benzene ring substituents is 1. The summed E-state index contributed by atoms with van der Waals surface area (Å²) < 4.78 is 0. The van der Waals surface area contributed by atoms with Crippen molar-refractivity contribution < 1.29 is 14.5 Å². The number of carbonyl (C=O) groups is 2. The summed E-state index contributed by atoms with van der Waals surface area (Å²) in [7, 11) is 0. The molecule has 2 N–H and O–H groups in total. The normalized spacial score (nSPS) is 11.2. The molecule has 3 aromatic rings. The lowest BCUT2D eigenvalue weighted by Crippen LogP contribution is -2.32. The van der Waals surface area contributed by atoms with Crippen LogP contribution >= 0.6 is 0 Å². The number of nitrogens with zero attached hydrogens (tertiary/aromatic N) is 3. The molecular weight excluding hydrogens is 458 g/mol. The second-order valence-electron chi connectivity index (χ2n) is 7.69. The van der Waals surface area contributed by atoms with Gasteiger partial charge in [0.2, 0.25) is 0 Å². The molecule has 0 aromatic heterocycles. The number of hydrogen-bond acceptors (Lipinski definition) is 6. The lowest BCUT2D eigenvalue weighted by molar-refractivity contribution is -0.384. The summed E-state index contributed by atoms with van der Waals surface area (Å²) in [6.07, 6.45) is 2.85. The number of benzene rings is 3. The first-order valence-corrected chi connectivity index (χ1v) is 11.4. The van der Waals surface area contributed by atoms with E-state index in [4.69, 9.17) is 0 Å². The number of carbonyl (C=O) groups excluding carboxylic acids is 2. The third kappa shape index (κ3) is 7.10. The molecule has 9 heteroatoms. The first-order chi connectivity index (χ1) is 17.4. The average molecular weight is 486 g/mol. The number of hydrazone groups is 1. The molecule has 0 radical (unpaired) electrons. The van der Waals surface area contributed by atoms with Crippen molar-refractivity contribution in [1.82, 2.24) is 10.7 Å². The highest BCUT2D eigenvalue weighted by atomic mass is 16.6. The van der Waals surface area contributed by atoms with Gasteiger partial charge in [0.1, 0.15) is 5.70 Å². The second kappa shape index (κ2) is 12.6. The maximum atomic E-state index is 12.9. The molecule has 36 heavy (non-hydrogen) atoms. The zero-order chi connectivity index (χ0) is 25.9. The SMILES string of the molecule is CCN(CC)c1ccc(/C=N\NC(=O)/C(=C/c2cccc([N+](=O)[O-])c2)NC(=O)c2ccccc2)cc1. The van der Waals surface area contributed by atoms with E-state index < -0.39 is 16.7 Å². The lowest BCUT2D eigenvalue weighted by Gasteiger charge is -2.20. The summed E-state index contributed by atoms with van der Waals surface area (Å²) in [5.41, 5.74) is 4.76. The molecule has 0 spiro atoms. The van der Waals surface area contributed by atoms with Gasteiger partial charge in [-0.1, -0.05) is 42.5 Å². The maximum absolute atomic E-state index is 12.9. The molecule has 0 unspecified atom stereocenters. The van der Waals surface area contributed by atoms with Crippen LogP contribution in [0, 0.1) is 10.1 Å². The van der Waals surface area contributed by atoms with Crippen LogP contribution in [0.1, 0.15) is 35.3 Å². The number of hydrogen-bond donors (Lipinski definition) is 2. The van der Waals surface area contributed by atoms with E-state index in [0.29, 0.717) is 11.1 Å². The van der Waals surface area contributed by atoms with Gasteiger partial charge in [-0.3, -0.25) is 19.7 Å². The first kappa shape index (κ1) is 25.8. The Morgan fingerprint density at radius 1 is 0.944 bits per heavy atom. The summed E-state index contributed by atoms with van der Waals surface area (Å²) in [6.45, 7) is 5.97. The van der Waals surface area contributed by atoms with E-state index in [2.05, 4.69) is 34.6 Å². The van der Waals surface area contributed by atoms with Gasteiger partial charge in [-0.25, -0.2) is 5.43 Å². The van der Waals surface area contributed by atoms with Gasteiger partial charge < -0.3 is 10.2 Å². The maximum Gasteiger partial charge on any atom is 0.287 e. The Hall–Kier alpha value is -4.79. The molecule has 3 aromatic carbocycles. The number of amides is 2. The van der Waals surface area contributed by atoms with Crippen LogP contribution < -0.4 is 15.6 Å². The summed E-state index contributed by atoms with van der Waals surface area (Å²) in [5.74, 6) is -1.18. The van der Waals surface area contributed by atoms with Crippen molar-refractivity contribution in [3.05, 3.63) is 111 Å². The Bertz CT molecular complexity index is 1270. The van der Waals surface area contributed by atoms with Crippen LogP contribution in [0.5, 0.6) is 0 Å². The molecular formula is C27H27N5O4. The van der Waals surface area contributed by atoms with Gasteiger partial charge in [0.15, 0.2) is 0 Å². The van der Waals surface area contributed by atoms with Gasteiger partial charge in [0.25, 0.3) is 17.5 Å². The summed E-state index contributed by atoms with van der Waals surface area (Å²) >= 11 is 0. The standard InChI is InChI=1S/C27H27N5O4/c1-3-31(4-2)23-15-13-20(14-16-23)19-28-30-27(34)25(29-26(33)22-10-6-5-7-11-22)18-21-9-8-12-24(17-21)32(35)36/h5-19H,3-4H2,1-2H3,(H,29,33)(H,30,34)/b25-18-,28-19-. The van der Waals surface area contributed by atoms with E-state index >= 15 is 0 Å². The number of nitro benzene ring substituents is 1. The largest absolute Gasteiger partial charge is 0.372 e. The molecule has 0 heterocycles. The molecule has 0 aliphatic heterocycles. The highest BCUT2D eigenvalue weighted by Crippen LogP contribution is 2.16. The van der Waals surface area contributed by atoms with Crippen molar-refractivity contribution in [3.8, 4) is 0 Å². The Labute approximate surface area is 209 Å². The summed E-state index contributed by atoms with van der Waals surface area (Å²) in [4.78, 5) is 38.4. The molecule has 0 fully saturated rings. The molecule has 0 saturated heterocycles. The summed E-state index contributed by atoms with van der Waals surface area (Å²) in [6, 6.07) is 21.9. The topological polar surface area (TPSA) is 117 Å². The minimum absolute atomic E-state index is 0.113. The Morgan fingerprint density at radius 2 is 1.64 bits per heavy atom. The van der Waals surface area contributed by atoms with Crippen molar-refractivity contribution in [2.45, 2.75) is 13.8 Å². The van der Waals surface area contributed by atoms with Gasteiger partial charge in [0.05, 0.1) is 11.1 Å². The van der Waals surface area contributed by atoms with Crippen molar-refractivity contribution in [1.29, 1.82) is 0 Å². The smallest absolute Gasteiger partial charge is 0.287 e. The Balaban J connectivity index is 1.79. The van der Waals surface area contributed by atoms with Crippen LogP contribution in [0.25, 0.3) is 6.08 Å². The molecule has 2 amide bonds. The number of nitrogens with one attached hydrogen (secondary N) is 2. The van der Waals surface area contributed by atoms with Crippen LogP contribution in [0.4, 0.5) is 11.4 Å². The quantitative estimate of drug-likeness (QED) is 0.191. The molecule has 0 aliphatic rings. The third-order valence-electron chi connectivity index (χ3n) is 5.32. The second-order valence-corrected chi connectivity index (χ2v) is 7.69. The molecule has 0 aliphatic carbocycles. The van der Waals surface area contributed by atoms with Gasteiger partial charge in [-0.15, -0.1) is 0 Å². The molecule has 0 bridgehead atoms. The van der Waals surface area contributed by atoms with E-state index in [-0.39, 0.29) is 11.4 Å². The zero-order valence-electron chi connectivity index (χ0n) is 20.0. The molecule has 3 rings (SSSR count). The van der Waals surface area contributed by atoms with Crippen molar-refractivity contribution in [2.24, 2.45) is 5.10 Å². The predicted octanol–water partition coefficient (Wildman–Crippen LogP) is 4.36. The Kier molecular flexibility index (Phi) is 9.05. The fourth-order valence-electron chi connectivity index (χ4n) is 3.42. The fraction of sp³-hybridized carbons (Fsp3) is 0.148. The predicted molar refractivity (Wildman–Crippen MR) is 141 cm³/mol. The number of nitro groups is 1. The Morgan fingerprint density at radius 3 is 2.28 bits per heavy atom. The van der Waals surface area contributed by atoms with Gasteiger partial charge >= 0.3 is 0 Å². The van der Waals surface area contributed by atoms with Crippen molar-refractivity contribution in [3.63, 3.8) is 0 Å². The van der Waals surface area contributed by atoms with Crippen LogP contribution in [-0.4, -0.2) is 36.0 Å². The highest BCUT2D eigenvalue weighted by Gasteiger charge is 2.15. The number of rotatable bonds is 10. The summed E-state index contributed by atoms with van der Waals surface area (Å²) in [5, 5.41) is 17.7. The van der Waals surface area contributed by atoms with Crippen LogP contribution in [0.15, 0.2) is 89.7 Å². The average Bonchev–Trinajstić information content (AvgIpc) is 2.90.